The van der Waals surface area contributed by atoms with Crippen LogP contribution in [0.1, 0.15) is 35.3 Å². The van der Waals surface area contributed by atoms with Crippen LogP contribution >= 0.6 is 46.3 Å². The topological polar surface area (TPSA) is 36.4 Å². The van der Waals surface area contributed by atoms with E-state index in [4.69, 9.17) is 4.98 Å². The summed E-state index contributed by atoms with van der Waals surface area (Å²) in [5, 5.41) is 0.778. The molecule has 7 heteroatoms. The highest BCUT2D eigenvalue weighted by molar-refractivity contribution is 14.1. The van der Waals surface area contributed by atoms with Crippen LogP contribution in [0.2, 0.25) is 0 Å². The van der Waals surface area contributed by atoms with Crippen molar-refractivity contribution in [3.63, 3.8) is 0 Å². The zero-order chi connectivity index (χ0) is 20.3. The number of rotatable bonds is 7. The Bertz CT molecular complexity index is 987. The lowest BCUT2D eigenvalue weighted by Gasteiger charge is -2.25. The van der Waals surface area contributed by atoms with Crippen molar-refractivity contribution in [2.24, 2.45) is 0 Å². The van der Waals surface area contributed by atoms with Gasteiger partial charge in [0, 0.05) is 16.7 Å². The van der Waals surface area contributed by atoms with Crippen LogP contribution in [0.15, 0.2) is 36.4 Å². The highest BCUT2D eigenvalue weighted by Crippen LogP contribution is 2.33. The Morgan fingerprint density at radius 1 is 1.07 bits per heavy atom. The molecule has 0 bridgehead atoms. The van der Waals surface area contributed by atoms with E-state index in [1.807, 2.05) is 29.2 Å². The zero-order valence-corrected chi connectivity index (χ0v) is 21.0. The van der Waals surface area contributed by atoms with E-state index in [1.54, 1.807) is 11.3 Å². The lowest BCUT2D eigenvalue weighted by molar-refractivity contribution is 0.0983. The second-order valence-corrected chi connectivity index (χ2v) is 8.99. The molecule has 0 unspecified atom stereocenters. The summed E-state index contributed by atoms with van der Waals surface area (Å²) in [7, 11) is 0. The number of benzene rings is 2. The van der Waals surface area contributed by atoms with Gasteiger partial charge in [0.1, 0.15) is 0 Å². The average Bonchev–Trinajstić information content (AvgIpc) is 3.13. The molecule has 0 spiro atoms. The molecule has 0 radical (unpaired) electrons. The maximum Gasteiger partial charge on any atom is 0.261 e. The number of aryl methyl sites for hydroxylation is 2. The minimum atomic E-state index is 0. The number of amides is 1. The van der Waals surface area contributed by atoms with Crippen molar-refractivity contribution in [3.8, 4) is 0 Å². The monoisotopic (exact) mass is 543 g/mol. The van der Waals surface area contributed by atoms with E-state index in [9.17, 15) is 4.79 Å². The molecule has 4 nitrogen and oxygen atoms in total. The molecule has 0 N–H and O–H groups in total. The summed E-state index contributed by atoms with van der Waals surface area (Å²) in [4.78, 5) is 22.5. The van der Waals surface area contributed by atoms with E-state index in [2.05, 4.69) is 67.3 Å². The number of fused-ring (bicyclic) bond motifs is 1. The van der Waals surface area contributed by atoms with Crippen molar-refractivity contribution >= 4 is 67.6 Å². The summed E-state index contributed by atoms with van der Waals surface area (Å²) in [6.45, 7) is 11.9. The summed E-state index contributed by atoms with van der Waals surface area (Å²) in [5.74, 6) is 0.0191. The van der Waals surface area contributed by atoms with Crippen LogP contribution < -0.4 is 4.90 Å². The summed E-state index contributed by atoms with van der Waals surface area (Å²) in [6, 6.07) is 12.0. The summed E-state index contributed by atoms with van der Waals surface area (Å²) < 4.78 is 2.09. The fourth-order valence-corrected chi connectivity index (χ4v) is 4.84. The Kier molecular flexibility index (Phi) is 8.88. The predicted molar refractivity (Wildman–Crippen MR) is 135 cm³/mol. The maximum absolute atomic E-state index is 13.5. The first-order chi connectivity index (χ1) is 13.5. The minimum Gasteiger partial charge on any atom is -0.302 e. The van der Waals surface area contributed by atoms with Gasteiger partial charge in [-0.1, -0.05) is 43.4 Å². The Labute approximate surface area is 196 Å². The van der Waals surface area contributed by atoms with Crippen molar-refractivity contribution in [2.75, 3.05) is 31.1 Å². The molecule has 0 fully saturated rings. The number of likely N-dealkylation sites (N-methyl/N-ethyl adjacent to an activating group) is 1. The molecule has 29 heavy (non-hydrogen) atoms. The largest absolute Gasteiger partial charge is 0.302 e. The van der Waals surface area contributed by atoms with Crippen LogP contribution in [0, 0.1) is 17.4 Å². The van der Waals surface area contributed by atoms with Crippen LogP contribution in [0.3, 0.4) is 0 Å². The van der Waals surface area contributed by atoms with Crippen molar-refractivity contribution in [1.29, 1.82) is 0 Å². The Morgan fingerprint density at radius 2 is 1.76 bits per heavy atom. The number of carbonyl (C=O) groups is 1. The van der Waals surface area contributed by atoms with E-state index >= 15 is 0 Å². The predicted octanol–water partition coefficient (Wildman–Crippen LogP) is 5.93. The van der Waals surface area contributed by atoms with Gasteiger partial charge in [0.15, 0.2) is 5.13 Å². The van der Waals surface area contributed by atoms with Crippen molar-refractivity contribution in [3.05, 3.63) is 56.7 Å². The third-order valence-electron chi connectivity index (χ3n) is 5.19. The van der Waals surface area contributed by atoms with Crippen molar-refractivity contribution in [1.82, 2.24) is 9.88 Å². The lowest BCUT2D eigenvalue weighted by atomic mass is 10.1. The van der Waals surface area contributed by atoms with Crippen LogP contribution in [-0.2, 0) is 0 Å². The number of nitrogens with zero attached hydrogens (tertiary/aromatic N) is 3. The van der Waals surface area contributed by atoms with Gasteiger partial charge >= 0.3 is 0 Å². The van der Waals surface area contributed by atoms with Crippen LogP contribution in [-0.4, -0.2) is 42.0 Å². The SMILES string of the molecule is CCN(CC)CCN(C(=O)c1ccccc1I)c1nc2c(C)c(C)ccc2s1.Cl. The van der Waals surface area contributed by atoms with Gasteiger partial charge in [-0.15, -0.1) is 12.4 Å². The van der Waals surface area contributed by atoms with Crippen LogP contribution in [0.25, 0.3) is 10.2 Å². The Balaban J connectivity index is 0.00000300. The molecule has 0 atom stereocenters. The molecule has 1 heterocycles. The van der Waals surface area contributed by atoms with E-state index < -0.39 is 0 Å². The number of hydrogen-bond acceptors (Lipinski definition) is 4. The first kappa shape index (κ1) is 24.1. The highest BCUT2D eigenvalue weighted by Gasteiger charge is 2.23. The third kappa shape index (κ3) is 5.29. The average molecular weight is 544 g/mol. The molecule has 3 rings (SSSR count). The molecule has 1 aromatic heterocycles. The molecule has 3 aromatic rings. The first-order valence-corrected chi connectivity index (χ1v) is 11.5. The van der Waals surface area contributed by atoms with Gasteiger partial charge in [0.05, 0.1) is 15.8 Å². The van der Waals surface area contributed by atoms with Gasteiger partial charge < -0.3 is 4.90 Å². The van der Waals surface area contributed by atoms with E-state index in [0.29, 0.717) is 6.54 Å². The van der Waals surface area contributed by atoms with Crippen LogP contribution in [0.5, 0.6) is 0 Å². The molecule has 0 aliphatic rings. The molecule has 156 valence electrons. The molecule has 2 aromatic carbocycles. The quantitative estimate of drug-likeness (QED) is 0.347. The molecular weight excluding hydrogens is 517 g/mol. The van der Waals surface area contributed by atoms with Gasteiger partial charge in [-0.05, 0) is 78.9 Å². The summed E-state index contributed by atoms with van der Waals surface area (Å²) >= 11 is 3.83. The second kappa shape index (κ2) is 10.7. The van der Waals surface area contributed by atoms with Gasteiger partial charge in [-0.3, -0.25) is 9.69 Å². The first-order valence-electron chi connectivity index (χ1n) is 9.61. The second-order valence-electron chi connectivity index (χ2n) is 6.81. The fraction of sp³-hybridized carbons (Fsp3) is 0.364. The fourth-order valence-electron chi connectivity index (χ4n) is 3.18. The molecule has 0 saturated heterocycles. The normalized spacial score (nSPS) is 11.0. The smallest absolute Gasteiger partial charge is 0.261 e. The van der Waals surface area contributed by atoms with E-state index in [0.717, 1.165) is 44.1 Å². The zero-order valence-electron chi connectivity index (χ0n) is 17.2. The van der Waals surface area contributed by atoms with E-state index in [1.165, 1.54) is 11.1 Å². The number of aromatic nitrogens is 1. The number of hydrogen-bond donors (Lipinski definition) is 0. The van der Waals surface area contributed by atoms with E-state index in [-0.39, 0.29) is 18.3 Å². The van der Waals surface area contributed by atoms with Crippen molar-refractivity contribution < 1.29 is 4.79 Å². The molecule has 0 saturated carbocycles. The summed E-state index contributed by atoms with van der Waals surface area (Å²) in [5.41, 5.74) is 4.15. The molecule has 0 aliphatic heterocycles. The number of carbonyl (C=O) groups excluding carboxylic acids is 1. The van der Waals surface area contributed by atoms with Gasteiger partial charge in [-0.25, -0.2) is 4.98 Å². The van der Waals surface area contributed by atoms with Gasteiger partial charge in [0.2, 0.25) is 0 Å². The molecule has 0 aliphatic carbocycles. The Morgan fingerprint density at radius 3 is 2.41 bits per heavy atom. The van der Waals surface area contributed by atoms with Gasteiger partial charge in [-0.2, -0.15) is 0 Å². The number of thiazole rings is 1. The lowest BCUT2D eigenvalue weighted by Crippen LogP contribution is -2.39. The standard InChI is InChI=1S/C22H26IN3OS.ClH/c1-5-25(6-2)13-14-26(21(27)17-9-7-8-10-18(17)23)22-24-20-16(4)15(3)11-12-19(20)28-22;/h7-12H,5-6,13-14H2,1-4H3;1H. The molecule has 1 amide bonds. The van der Waals surface area contributed by atoms with Crippen molar-refractivity contribution in [2.45, 2.75) is 27.7 Å². The molecular formula is C22H27ClIN3OS. The van der Waals surface area contributed by atoms with Gasteiger partial charge in [0.25, 0.3) is 5.91 Å². The highest BCUT2D eigenvalue weighted by atomic mass is 127. The van der Waals surface area contributed by atoms with Crippen LogP contribution in [0.4, 0.5) is 5.13 Å². The third-order valence-corrected chi connectivity index (χ3v) is 7.17. The summed E-state index contributed by atoms with van der Waals surface area (Å²) in [6.07, 6.45) is 0. The minimum absolute atomic E-state index is 0. The maximum atomic E-state index is 13.5. The Hall–Kier alpha value is -1.22. The number of anilines is 1. The number of halogens is 2.